The molecule has 4 aromatic rings. The van der Waals surface area contributed by atoms with E-state index in [1.54, 1.807) is 34.6 Å². The van der Waals surface area contributed by atoms with E-state index in [0.29, 0.717) is 23.5 Å². The minimum Gasteiger partial charge on any atom is -0.325 e. The van der Waals surface area contributed by atoms with E-state index < -0.39 is 17.5 Å². The molecule has 33 heavy (non-hydrogen) atoms. The normalized spacial score (nSPS) is 19.7. The number of carbonyl (C=O) groups excluding carboxylic acids is 1. The molecule has 3 aromatic heterocycles. The Hall–Kier alpha value is -3.62. The van der Waals surface area contributed by atoms with Crippen LogP contribution in [0.1, 0.15) is 47.1 Å². The number of fused-ring (bicyclic) bond motifs is 5. The average Bonchev–Trinajstić information content (AvgIpc) is 3.40. The molecule has 6 nitrogen and oxygen atoms in total. The van der Waals surface area contributed by atoms with E-state index in [2.05, 4.69) is 10.1 Å². The molecule has 2 aliphatic heterocycles. The van der Waals surface area contributed by atoms with Gasteiger partial charge in [0.05, 0.1) is 17.4 Å². The van der Waals surface area contributed by atoms with E-state index in [-0.39, 0.29) is 23.6 Å². The molecule has 168 valence electrons. The first-order chi connectivity index (χ1) is 15.9. The number of carbonyl (C=O) groups is 1. The van der Waals surface area contributed by atoms with Gasteiger partial charge in [-0.15, -0.1) is 0 Å². The van der Waals surface area contributed by atoms with Crippen molar-refractivity contribution in [1.82, 2.24) is 24.1 Å². The number of imidazole rings is 1. The van der Waals surface area contributed by atoms with Gasteiger partial charge in [0.1, 0.15) is 11.3 Å². The van der Waals surface area contributed by atoms with Crippen molar-refractivity contribution >= 4 is 11.6 Å². The number of aryl methyl sites for hydroxylation is 1. The van der Waals surface area contributed by atoms with Crippen molar-refractivity contribution in [3.05, 3.63) is 77.1 Å². The highest BCUT2D eigenvalue weighted by atomic mass is 19.2. The van der Waals surface area contributed by atoms with Crippen molar-refractivity contribution in [2.75, 3.05) is 0 Å². The van der Waals surface area contributed by atoms with Gasteiger partial charge >= 0.3 is 0 Å². The lowest BCUT2D eigenvalue weighted by Gasteiger charge is -2.45. The summed E-state index contributed by atoms with van der Waals surface area (Å²) in [7, 11) is 1.70. The van der Waals surface area contributed by atoms with Gasteiger partial charge in [-0.2, -0.15) is 5.10 Å². The van der Waals surface area contributed by atoms with Gasteiger partial charge in [0, 0.05) is 36.6 Å². The van der Waals surface area contributed by atoms with Crippen LogP contribution in [0.4, 0.5) is 13.2 Å². The molecule has 1 saturated heterocycles. The third-order valence-corrected chi connectivity index (χ3v) is 6.82. The number of halogens is 3. The van der Waals surface area contributed by atoms with Gasteiger partial charge in [-0.1, -0.05) is 6.07 Å². The molecular weight excluding hydrogens is 431 g/mol. The van der Waals surface area contributed by atoms with E-state index in [0.717, 1.165) is 42.7 Å². The molecular formula is C24H20F3N5O. The molecule has 2 unspecified atom stereocenters. The fraction of sp³-hybridized carbons (Fsp3) is 0.292. The van der Waals surface area contributed by atoms with Gasteiger partial charge in [0.15, 0.2) is 17.5 Å². The molecule has 2 aliphatic rings. The average molecular weight is 451 g/mol. The van der Waals surface area contributed by atoms with E-state index in [4.69, 9.17) is 0 Å². The summed E-state index contributed by atoms with van der Waals surface area (Å²) < 4.78 is 44.9. The largest absolute Gasteiger partial charge is 0.325 e. The summed E-state index contributed by atoms with van der Waals surface area (Å²) in [4.78, 5) is 19.9. The van der Waals surface area contributed by atoms with Gasteiger partial charge in [0.25, 0.3) is 5.91 Å². The first kappa shape index (κ1) is 20.0. The second-order valence-corrected chi connectivity index (χ2v) is 8.67. The molecule has 0 N–H and O–H groups in total. The quantitative estimate of drug-likeness (QED) is 0.424. The van der Waals surface area contributed by atoms with Gasteiger partial charge in [-0.25, -0.2) is 18.2 Å². The number of pyridine rings is 1. The number of rotatable bonds is 2. The fourth-order valence-corrected chi connectivity index (χ4v) is 5.46. The van der Waals surface area contributed by atoms with Gasteiger partial charge in [-0.3, -0.25) is 13.9 Å². The lowest BCUT2D eigenvalue weighted by molar-refractivity contribution is 0.0384. The third-order valence-electron chi connectivity index (χ3n) is 6.82. The zero-order valence-corrected chi connectivity index (χ0v) is 17.8. The van der Waals surface area contributed by atoms with Crippen molar-refractivity contribution in [2.45, 2.75) is 37.8 Å². The second-order valence-electron chi connectivity index (χ2n) is 8.67. The van der Waals surface area contributed by atoms with Crippen LogP contribution in [0.3, 0.4) is 0 Å². The molecule has 6 rings (SSSR count). The first-order valence-corrected chi connectivity index (χ1v) is 10.9. The zero-order chi connectivity index (χ0) is 22.9. The van der Waals surface area contributed by atoms with Gasteiger partial charge in [0.2, 0.25) is 0 Å². The van der Waals surface area contributed by atoms with Crippen LogP contribution in [0, 0.1) is 17.5 Å². The summed E-state index contributed by atoms with van der Waals surface area (Å²) in [5, 5.41) is 4.67. The summed E-state index contributed by atoms with van der Waals surface area (Å²) in [6.45, 7) is 0. The molecule has 9 heteroatoms. The predicted octanol–water partition coefficient (Wildman–Crippen LogP) is 4.44. The van der Waals surface area contributed by atoms with E-state index in [9.17, 15) is 18.0 Å². The van der Waals surface area contributed by atoms with Crippen LogP contribution < -0.4 is 0 Å². The highest BCUT2D eigenvalue weighted by Gasteiger charge is 2.44. The van der Waals surface area contributed by atoms with Gasteiger partial charge < -0.3 is 4.90 Å². The maximum Gasteiger partial charge on any atom is 0.271 e. The number of hydrogen-bond acceptors (Lipinski definition) is 3. The monoisotopic (exact) mass is 451 g/mol. The summed E-state index contributed by atoms with van der Waals surface area (Å²) in [6, 6.07) is 7.14. The number of piperidine rings is 1. The smallest absolute Gasteiger partial charge is 0.271 e. The van der Waals surface area contributed by atoms with Crippen LogP contribution in [0.2, 0.25) is 0 Å². The lowest BCUT2D eigenvalue weighted by atomic mass is 9.81. The Kier molecular flexibility index (Phi) is 4.36. The number of amides is 1. The summed E-state index contributed by atoms with van der Waals surface area (Å²) in [6.07, 6.45) is 6.47. The van der Waals surface area contributed by atoms with Crippen molar-refractivity contribution in [1.29, 1.82) is 0 Å². The Morgan fingerprint density at radius 3 is 2.70 bits per heavy atom. The van der Waals surface area contributed by atoms with Crippen molar-refractivity contribution < 1.29 is 18.0 Å². The molecule has 1 fully saturated rings. The summed E-state index contributed by atoms with van der Waals surface area (Å²) in [5.41, 5.74) is 3.63. The number of nitrogens with zero attached hydrogens (tertiary/aromatic N) is 5. The molecule has 2 atom stereocenters. The van der Waals surface area contributed by atoms with E-state index in [1.165, 1.54) is 0 Å². The van der Waals surface area contributed by atoms with Gasteiger partial charge in [-0.05, 0) is 49.9 Å². The highest BCUT2D eigenvalue weighted by molar-refractivity contribution is 5.94. The number of aromatic nitrogens is 4. The van der Waals surface area contributed by atoms with Crippen molar-refractivity contribution in [3.8, 4) is 11.3 Å². The summed E-state index contributed by atoms with van der Waals surface area (Å²) in [5.74, 6) is -4.05. The Labute approximate surface area is 187 Å². The maximum atomic E-state index is 14.0. The zero-order valence-electron chi connectivity index (χ0n) is 17.8. The molecule has 2 bridgehead atoms. The van der Waals surface area contributed by atoms with Crippen LogP contribution >= 0.6 is 0 Å². The first-order valence-electron chi connectivity index (χ1n) is 10.9. The highest BCUT2D eigenvalue weighted by Crippen LogP contribution is 2.45. The van der Waals surface area contributed by atoms with E-state index in [1.807, 2.05) is 17.0 Å². The van der Waals surface area contributed by atoms with Crippen LogP contribution in [-0.2, 0) is 13.5 Å². The minimum absolute atomic E-state index is 0.0689. The lowest BCUT2D eigenvalue weighted by Crippen LogP contribution is -2.50. The van der Waals surface area contributed by atoms with Crippen molar-refractivity contribution in [2.24, 2.45) is 7.05 Å². The molecule has 0 saturated carbocycles. The number of benzene rings is 1. The van der Waals surface area contributed by atoms with Crippen LogP contribution in [-0.4, -0.2) is 36.0 Å². The number of hydrogen-bond donors (Lipinski definition) is 0. The SMILES string of the molecule is Cn1nc2c(c1-c1cc(F)c(F)c(F)c1)CC1CCCC2N1C(=O)c1cccc2nccn12. The van der Waals surface area contributed by atoms with E-state index >= 15 is 0 Å². The molecule has 0 radical (unpaired) electrons. The Morgan fingerprint density at radius 2 is 1.91 bits per heavy atom. The second kappa shape index (κ2) is 7.19. The van der Waals surface area contributed by atoms with Crippen molar-refractivity contribution in [3.63, 3.8) is 0 Å². The Morgan fingerprint density at radius 1 is 1.12 bits per heavy atom. The van der Waals surface area contributed by atoms with Crippen LogP contribution in [0.25, 0.3) is 16.9 Å². The molecule has 1 amide bonds. The Bertz CT molecular complexity index is 1400. The van der Waals surface area contributed by atoms with Crippen LogP contribution in [0.5, 0.6) is 0 Å². The maximum absolute atomic E-state index is 14.0. The minimum atomic E-state index is -1.49. The standard InChI is InChI=1S/C24H20F3N5O/c1-30-23(13-10-16(25)21(27)17(26)11-13)15-12-14-4-2-5-18(22(15)29-30)32(14)24(33)19-6-3-7-20-28-8-9-31(19)20/h3,6-11,14,18H,2,4-5,12H2,1H3. The summed E-state index contributed by atoms with van der Waals surface area (Å²) >= 11 is 0. The molecule has 5 heterocycles. The molecule has 0 aliphatic carbocycles. The van der Waals surface area contributed by atoms with Crippen LogP contribution in [0.15, 0.2) is 42.7 Å². The molecule has 1 aromatic carbocycles. The topological polar surface area (TPSA) is 55.4 Å². The fourth-order valence-electron chi connectivity index (χ4n) is 5.46. The Balaban J connectivity index is 1.46. The predicted molar refractivity (Wildman–Crippen MR) is 114 cm³/mol. The molecule has 0 spiro atoms. The third kappa shape index (κ3) is 2.91.